The third kappa shape index (κ3) is 2.81. The Kier molecular flexibility index (Phi) is 3.34. The fraction of sp³-hybridized carbons (Fsp3) is 0.182. The molecule has 0 atom stereocenters. The number of rotatable bonds is 4. The summed E-state index contributed by atoms with van der Waals surface area (Å²) in [6.07, 6.45) is 0.812. The predicted octanol–water partition coefficient (Wildman–Crippen LogP) is 0.600. The van der Waals surface area contributed by atoms with E-state index in [-0.39, 0.29) is 11.7 Å². The number of hydrogen-bond donors (Lipinski definition) is 2. The molecule has 0 bridgehead atoms. The first-order valence-electron chi connectivity index (χ1n) is 5.19. The van der Waals surface area contributed by atoms with E-state index in [1.807, 2.05) is 30.3 Å². The van der Waals surface area contributed by atoms with Crippen molar-refractivity contribution in [2.45, 2.75) is 6.42 Å². The minimum Gasteiger partial charge on any atom is -0.382 e. The Morgan fingerprint density at radius 2 is 2.00 bits per heavy atom. The van der Waals surface area contributed by atoms with E-state index < -0.39 is 0 Å². The van der Waals surface area contributed by atoms with E-state index in [0.717, 1.165) is 6.42 Å². The highest BCUT2D eigenvalue weighted by molar-refractivity contribution is 5.99. The van der Waals surface area contributed by atoms with Crippen molar-refractivity contribution in [1.29, 1.82) is 0 Å². The van der Waals surface area contributed by atoms with Crippen LogP contribution in [0.1, 0.15) is 11.3 Å². The molecule has 0 spiro atoms. The Morgan fingerprint density at radius 1 is 1.24 bits per heavy atom. The van der Waals surface area contributed by atoms with Crippen LogP contribution in [0, 0.1) is 0 Å². The van der Waals surface area contributed by atoms with E-state index in [2.05, 4.69) is 19.9 Å². The summed E-state index contributed by atoms with van der Waals surface area (Å²) in [5, 5.41) is 7.01. The largest absolute Gasteiger partial charge is 0.382 e. The van der Waals surface area contributed by atoms with Crippen LogP contribution in [0.15, 0.2) is 40.0 Å². The van der Waals surface area contributed by atoms with Crippen molar-refractivity contribution < 1.29 is 4.63 Å². The zero-order chi connectivity index (χ0) is 12.1. The molecule has 0 aliphatic heterocycles. The quantitative estimate of drug-likeness (QED) is 0.592. The van der Waals surface area contributed by atoms with Gasteiger partial charge in [-0.05, 0) is 22.3 Å². The number of anilines is 1. The summed E-state index contributed by atoms with van der Waals surface area (Å²) in [6.45, 7) is 0.572. The average molecular weight is 231 g/mol. The molecule has 2 aromatic rings. The van der Waals surface area contributed by atoms with Gasteiger partial charge in [-0.3, -0.25) is 4.99 Å². The van der Waals surface area contributed by atoms with Gasteiger partial charge in [-0.15, -0.1) is 0 Å². The number of amidine groups is 1. The normalized spacial score (nSPS) is 11.6. The highest BCUT2D eigenvalue weighted by Crippen LogP contribution is 2.04. The lowest BCUT2D eigenvalue weighted by Crippen LogP contribution is -2.16. The van der Waals surface area contributed by atoms with Gasteiger partial charge in [0.15, 0.2) is 17.3 Å². The number of nitrogens with zero attached hydrogens (tertiary/aromatic N) is 3. The topological polar surface area (TPSA) is 103 Å². The molecular formula is C11H13N5O. The van der Waals surface area contributed by atoms with Crippen molar-refractivity contribution in [3.05, 3.63) is 41.6 Å². The fourth-order valence-corrected chi connectivity index (χ4v) is 1.40. The van der Waals surface area contributed by atoms with Gasteiger partial charge >= 0.3 is 0 Å². The Labute approximate surface area is 98.3 Å². The lowest BCUT2D eigenvalue weighted by molar-refractivity contribution is 0.308. The second kappa shape index (κ2) is 5.11. The molecule has 1 aromatic carbocycles. The first-order chi connectivity index (χ1) is 8.27. The van der Waals surface area contributed by atoms with E-state index in [1.54, 1.807) is 0 Å². The molecule has 0 amide bonds. The van der Waals surface area contributed by atoms with Gasteiger partial charge in [-0.1, -0.05) is 30.3 Å². The van der Waals surface area contributed by atoms with Gasteiger partial charge in [0.1, 0.15) is 0 Å². The van der Waals surface area contributed by atoms with Crippen LogP contribution in [-0.4, -0.2) is 22.7 Å². The smallest absolute Gasteiger partial charge is 0.199 e. The number of nitrogen functional groups attached to an aromatic ring is 1. The maximum Gasteiger partial charge on any atom is 0.199 e. The number of benzene rings is 1. The molecule has 0 saturated heterocycles. The Hall–Kier alpha value is -2.37. The van der Waals surface area contributed by atoms with Gasteiger partial charge in [0.2, 0.25) is 0 Å². The van der Waals surface area contributed by atoms with Crippen LogP contribution >= 0.6 is 0 Å². The molecular weight excluding hydrogens is 218 g/mol. The van der Waals surface area contributed by atoms with Gasteiger partial charge in [0.05, 0.1) is 0 Å². The summed E-state index contributed by atoms with van der Waals surface area (Å²) in [5.41, 5.74) is 12.7. The summed E-state index contributed by atoms with van der Waals surface area (Å²) in [5.74, 6) is 0.408. The number of aliphatic imine (C=N–C) groups is 1. The van der Waals surface area contributed by atoms with Crippen molar-refractivity contribution in [3.63, 3.8) is 0 Å². The summed E-state index contributed by atoms with van der Waals surface area (Å²) >= 11 is 0. The van der Waals surface area contributed by atoms with Gasteiger partial charge in [-0.25, -0.2) is 4.63 Å². The van der Waals surface area contributed by atoms with Gasteiger partial charge < -0.3 is 11.5 Å². The highest BCUT2D eigenvalue weighted by Gasteiger charge is 2.09. The molecule has 4 N–H and O–H groups in total. The first-order valence-corrected chi connectivity index (χ1v) is 5.19. The van der Waals surface area contributed by atoms with Crippen molar-refractivity contribution in [3.8, 4) is 0 Å². The molecule has 88 valence electrons. The molecule has 0 fully saturated rings. The van der Waals surface area contributed by atoms with E-state index in [9.17, 15) is 0 Å². The number of aromatic nitrogens is 2. The summed E-state index contributed by atoms with van der Waals surface area (Å²) < 4.78 is 4.45. The van der Waals surface area contributed by atoms with Crippen LogP contribution < -0.4 is 11.5 Å². The van der Waals surface area contributed by atoms with Crippen LogP contribution in [0.5, 0.6) is 0 Å². The van der Waals surface area contributed by atoms with Crippen molar-refractivity contribution in [2.75, 3.05) is 12.3 Å². The third-order valence-corrected chi connectivity index (χ3v) is 2.28. The van der Waals surface area contributed by atoms with E-state index >= 15 is 0 Å². The maximum absolute atomic E-state index is 5.71. The Bertz CT molecular complexity index is 506. The van der Waals surface area contributed by atoms with Crippen LogP contribution in [-0.2, 0) is 6.42 Å². The van der Waals surface area contributed by atoms with E-state index in [4.69, 9.17) is 11.5 Å². The zero-order valence-corrected chi connectivity index (χ0v) is 9.21. The molecule has 0 saturated carbocycles. The summed E-state index contributed by atoms with van der Waals surface area (Å²) in [4.78, 5) is 4.17. The Balaban J connectivity index is 1.96. The highest BCUT2D eigenvalue weighted by atomic mass is 16.6. The number of nitrogens with two attached hydrogens (primary N) is 2. The maximum atomic E-state index is 5.71. The summed E-state index contributed by atoms with van der Waals surface area (Å²) in [6, 6.07) is 10.0. The van der Waals surface area contributed by atoms with Crippen molar-refractivity contribution in [1.82, 2.24) is 10.3 Å². The Morgan fingerprint density at radius 3 is 2.65 bits per heavy atom. The molecule has 6 heteroatoms. The third-order valence-electron chi connectivity index (χ3n) is 2.28. The lowest BCUT2D eigenvalue weighted by Gasteiger charge is -1.98. The van der Waals surface area contributed by atoms with Gasteiger partial charge in [0.25, 0.3) is 0 Å². The van der Waals surface area contributed by atoms with Gasteiger partial charge in [-0.2, -0.15) is 0 Å². The molecule has 0 aliphatic carbocycles. The molecule has 17 heavy (non-hydrogen) atoms. The molecule has 6 nitrogen and oxygen atoms in total. The van der Waals surface area contributed by atoms with Gasteiger partial charge in [0, 0.05) is 6.54 Å². The zero-order valence-electron chi connectivity index (χ0n) is 9.21. The molecule has 1 heterocycles. The van der Waals surface area contributed by atoms with Crippen molar-refractivity contribution in [2.24, 2.45) is 10.7 Å². The van der Waals surface area contributed by atoms with Crippen LogP contribution in [0.2, 0.25) is 0 Å². The first kappa shape index (κ1) is 11.1. The SMILES string of the molecule is NC(=NCCc1ccccc1)c1nonc1N. The lowest BCUT2D eigenvalue weighted by atomic mass is 10.1. The standard InChI is InChI=1S/C11H13N5O/c12-10(9-11(13)16-17-15-9)14-7-6-8-4-2-1-3-5-8/h1-5H,6-7H2,(H2,12,14)(H2,13,16). The minimum atomic E-state index is 0.158. The number of hydrogen-bond acceptors (Lipinski definition) is 5. The molecule has 1 aromatic heterocycles. The molecule has 0 radical (unpaired) electrons. The fourth-order valence-electron chi connectivity index (χ4n) is 1.40. The van der Waals surface area contributed by atoms with E-state index in [0.29, 0.717) is 12.2 Å². The van der Waals surface area contributed by atoms with Crippen LogP contribution in [0.3, 0.4) is 0 Å². The second-order valence-electron chi connectivity index (χ2n) is 3.50. The van der Waals surface area contributed by atoms with E-state index in [1.165, 1.54) is 5.56 Å². The molecule has 0 aliphatic rings. The predicted molar refractivity (Wildman–Crippen MR) is 64.4 cm³/mol. The van der Waals surface area contributed by atoms with Crippen LogP contribution in [0.25, 0.3) is 0 Å². The second-order valence-corrected chi connectivity index (χ2v) is 3.50. The monoisotopic (exact) mass is 231 g/mol. The minimum absolute atomic E-state index is 0.158. The molecule has 2 rings (SSSR count). The van der Waals surface area contributed by atoms with Crippen molar-refractivity contribution >= 4 is 11.7 Å². The summed E-state index contributed by atoms with van der Waals surface area (Å²) in [7, 11) is 0. The molecule has 0 unspecified atom stereocenters. The average Bonchev–Trinajstić information content (AvgIpc) is 2.77. The van der Waals surface area contributed by atoms with Crippen LogP contribution in [0.4, 0.5) is 5.82 Å².